The summed E-state index contributed by atoms with van der Waals surface area (Å²) in [6.45, 7) is 1.93. The summed E-state index contributed by atoms with van der Waals surface area (Å²) in [4.78, 5) is 28.9. The van der Waals surface area contributed by atoms with Gasteiger partial charge in [-0.05, 0) is 36.4 Å². The second-order valence-corrected chi connectivity index (χ2v) is 7.09. The van der Waals surface area contributed by atoms with Crippen molar-refractivity contribution in [2.24, 2.45) is 0 Å². The van der Waals surface area contributed by atoms with E-state index >= 15 is 0 Å². The molecule has 0 saturated carbocycles. The highest BCUT2D eigenvalue weighted by Crippen LogP contribution is 2.17. The summed E-state index contributed by atoms with van der Waals surface area (Å²) in [6, 6.07) is 10.7. The van der Waals surface area contributed by atoms with Crippen molar-refractivity contribution in [1.82, 2.24) is 14.7 Å². The van der Waals surface area contributed by atoms with Gasteiger partial charge in [-0.1, -0.05) is 13.0 Å². The maximum absolute atomic E-state index is 12.4. The van der Waals surface area contributed by atoms with Crippen LogP contribution in [0.4, 0.5) is 5.69 Å². The van der Waals surface area contributed by atoms with E-state index < -0.39 is 15.9 Å². The Hall–Kier alpha value is -2.91. The van der Waals surface area contributed by atoms with Crippen molar-refractivity contribution in [1.29, 1.82) is 0 Å². The van der Waals surface area contributed by atoms with Crippen LogP contribution in [0.2, 0.25) is 0 Å². The summed E-state index contributed by atoms with van der Waals surface area (Å²) in [6.07, 6.45) is 0. The number of aromatic nitrogens is 2. The Morgan fingerprint density at radius 1 is 1.08 bits per heavy atom. The molecular weight excluding hydrogens is 344 g/mol. The fourth-order valence-corrected chi connectivity index (χ4v) is 3.48. The van der Waals surface area contributed by atoms with Crippen LogP contribution in [0, 0.1) is 0 Å². The zero-order valence-corrected chi connectivity index (χ0v) is 14.1. The number of nitrogens with one attached hydrogen (secondary N) is 4. The third-order valence-corrected chi connectivity index (χ3v) is 5.06. The zero-order valence-electron chi connectivity index (χ0n) is 13.3. The largest absolute Gasteiger partial charge is 0.323 e. The number of fused-ring (bicyclic) bond motifs is 1. The monoisotopic (exact) mass is 360 g/mol. The highest BCUT2D eigenvalue weighted by atomic mass is 32.2. The number of aromatic amines is 2. The van der Waals surface area contributed by atoms with E-state index in [9.17, 15) is 18.0 Å². The summed E-state index contributed by atoms with van der Waals surface area (Å²) in [7, 11) is -3.64. The van der Waals surface area contributed by atoms with Gasteiger partial charge in [0.2, 0.25) is 10.0 Å². The normalized spacial score (nSPS) is 11.6. The van der Waals surface area contributed by atoms with Crippen molar-refractivity contribution in [3.05, 3.63) is 58.5 Å². The topological polar surface area (TPSA) is 124 Å². The van der Waals surface area contributed by atoms with E-state index in [4.69, 9.17) is 0 Å². The number of carbonyl (C=O) groups is 1. The van der Waals surface area contributed by atoms with E-state index in [1.165, 1.54) is 24.3 Å². The number of rotatable bonds is 5. The first-order valence-electron chi connectivity index (χ1n) is 7.52. The van der Waals surface area contributed by atoms with Gasteiger partial charge in [0.15, 0.2) is 0 Å². The molecule has 3 rings (SSSR count). The van der Waals surface area contributed by atoms with Crippen molar-refractivity contribution >= 4 is 32.7 Å². The van der Waals surface area contributed by atoms with Gasteiger partial charge in [0, 0.05) is 17.8 Å². The Morgan fingerprint density at radius 3 is 2.60 bits per heavy atom. The van der Waals surface area contributed by atoms with Crippen LogP contribution in [-0.2, 0) is 10.0 Å². The van der Waals surface area contributed by atoms with Crippen molar-refractivity contribution in [3.8, 4) is 0 Å². The van der Waals surface area contributed by atoms with E-state index in [1.54, 1.807) is 25.1 Å². The summed E-state index contributed by atoms with van der Waals surface area (Å²) in [5.41, 5.74) is 1.54. The van der Waals surface area contributed by atoms with Crippen LogP contribution in [0.5, 0.6) is 0 Å². The average molecular weight is 360 g/mol. The molecule has 0 aliphatic rings. The molecule has 1 aromatic heterocycles. The number of hydrogen-bond donors (Lipinski definition) is 4. The number of anilines is 1. The molecule has 9 heteroatoms. The first-order valence-corrected chi connectivity index (χ1v) is 9.00. The smallest absolute Gasteiger partial charge is 0.322 e. The van der Waals surface area contributed by atoms with Crippen molar-refractivity contribution < 1.29 is 13.2 Å². The van der Waals surface area contributed by atoms with Crippen LogP contribution < -0.4 is 15.7 Å². The predicted octanol–water partition coefficient (Wildman–Crippen LogP) is 1.41. The average Bonchev–Trinajstić information content (AvgIpc) is 2.94. The quantitative estimate of drug-likeness (QED) is 0.549. The lowest BCUT2D eigenvalue weighted by molar-refractivity contribution is 0.102. The predicted molar refractivity (Wildman–Crippen MR) is 94.2 cm³/mol. The molecule has 0 radical (unpaired) electrons. The molecule has 0 fully saturated rings. The minimum absolute atomic E-state index is 0.0208. The lowest BCUT2D eigenvalue weighted by atomic mass is 10.2. The van der Waals surface area contributed by atoms with Crippen LogP contribution in [0.3, 0.4) is 0 Å². The molecule has 1 heterocycles. The number of benzene rings is 2. The highest BCUT2D eigenvalue weighted by Gasteiger charge is 2.15. The molecule has 4 N–H and O–H groups in total. The Bertz CT molecular complexity index is 1100. The van der Waals surface area contributed by atoms with E-state index in [-0.39, 0.29) is 22.7 Å². The van der Waals surface area contributed by atoms with Gasteiger partial charge >= 0.3 is 5.69 Å². The van der Waals surface area contributed by atoms with Crippen LogP contribution in [0.15, 0.2) is 52.2 Å². The third-order valence-electron chi connectivity index (χ3n) is 3.51. The third kappa shape index (κ3) is 3.62. The second kappa shape index (κ2) is 6.54. The Morgan fingerprint density at radius 2 is 1.84 bits per heavy atom. The number of H-pyrrole nitrogens is 2. The fraction of sp³-hybridized carbons (Fsp3) is 0.125. The summed E-state index contributed by atoms with van der Waals surface area (Å²) in [5.74, 6) is -0.453. The fourth-order valence-electron chi connectivity index (χ4n) is 2.39. The maximum atomic E-state index is 12.4. The Balaban J connectivity index is 1.86. The van der Waals surface area contributed by atoms with Crippen molar-refractivity contribution in [2.45, 2.75) is 11.8 Å². The first-order chi connectivity index (χ1) is 11.9. The number of amides is 1. The second-order valence-electron chi connectivity index (χ2n) is 5.32. The van der Waals surface area contributed by atoms with E-state index in [0.717, 1.165) is 0 Å². The summed E-state index contributed by atoms with van der Waals surface area (Å²) >= 11 is 0. The van der Waals surface area contributed by atoms with Gasteiger partial charge in [-0.25, -0.2) is 17.9 Å². The molecule has 2 aromatic carbocycles. The van der Waals surface area contributed by atoms with Gasteiger partial charge in [0.25, 0.3) is 5.91 Å². The van der Waals surface area contributed by atoms with Gasteiger partial charge in [-0.2, -0.15) is 0 Å². The van der Waals surface area contributed by atoms with Gasteiger partial charge < -0.3 is 15.3 Å². The molecule has 130 valence electrons. The van der Waals surface area contributed by atoms with Gasteiger partial charge in [0.05, 0.1) is 15.9 Å². The van der Waals surface area contributed by atoms with Gasteiger partial charge in [-0.15, -0.1) is 0 Å². The standard InChI is InChI=1S/C16H16N4O4S/c1-2-17-25(23,24)12-5-3-4-10(8-12)15(21)18-11-6-7-13-14(9-11)20-16(22)19-13/h3-9,17H,2H2,1H3,(H,18,21)(H2,19,20,22). The van der Waals surface area contributed by atoms with Crippen LogP contribution >= 0.6 is 0 Å². The molecular formula is C16H16N4O4S. The number of hydrogen-bond acceptors (Lipinski definition) is 4. The molecule has 0 aliphatic heterocycles. The first kappa shape index (κ1) is 16.9. The van der Waals surface area contributed by atoms with Crippen LogP contribution in [0.25, 0.3) is 11.0 Å². The lowest BCUT2D eigenvalue weighted by Crippen LogP contribution is -2.23. The molecule has 0 spiro atoms. The SMILES string of the molecule is CCNS(=O)(=O)c1cccc(C(=O)Nc2ccc3[nH]c(=O)[nH]c3c2)c1. The molecule has 0 saturated heterocycles. The molecule has 1 amide bonds. The molecule has 0 atom stereocenters. The van der Waals surface area contributed by atoms with E-state index in [0.29, 0.717) is 16.7 Å². The van der Waals surface area contributed by atoms with Crippen molar-refractivity contribution in [3.63, 3.8) is 0 Å². The minimum Gasteiger partial charge on any atom is -0.322 e. The number of sulfonamides is 1. The van der Waals surface area contributed by atoms with E-state index in [2.05, 4.69) is 20.0 Å². The molecule has 0 bridgehead atoms. The zero-order chi connectivity index (χ0) is 18.0. The van der Waals surface area contributed by atoms with Crippen LogP contribution in [-0.4, -0.2) is 30.8 Å². The Kier molecular flexibility index (Phi) is 4.43. The number of imidazole rings is 1. The molecule has 25 heavy (non-hydrogen) atoms. The summed E-state index contributed by atoms with van der Waals surface area (Å²) in [5, 5.41) is 2.68. The minimum atomic E-state index is -3.64. The van der Waals surface area contributed by atoms with E-state index in [1.807, 2.05) is 0 Å². The van der Waals surface area contributed by atoms with Gasteiger partial charge in [0.1, 0.15) is 0 Å². The Labute approximate surface area is 143 Å². The molecule has 0 aliphatic carbocycles. The summed E-state index contributed by atoms with van der Waals surface area (Å²) < 4.78 is 26.4. The van der Waals surface area contributed by atoms with Crippen molar-refractivity contribution in [2.75, 3.05) is 11.9 Å². The molecule has 3 aromatic rings. The van der Waals surface area contributed by atoms with Gasteiger partial charge in [-0.3, -0.25) is 4.79 Å². The molecule has 0 unspecified atom stereocenters. The number of carbonyl (C=O) groups excluding carboxylic acids is 1. The maximum Gasteiger partial charge on any atom is 0.323 e. The lowest BCUT2D eigenvalue weighted by Gasteiger charge is -2.08. The van der Waals surface area contributed by atoms with Crippen LogP contribution in [0.1, 0.15) is 17.3 Å². The highest BCUT2D eigenvalue weighted by molar-refractivity contribution is 7.89. The molecule has 8 nitrogen and oxygen atoms in total.